The number of hydrogen-bond donors (Lipinski definition) is 2. The van der Waals surface area contributed by atoms with Crippen molar-refractivity contribution in [3.8, 4) is 5.75 Å². The van der Waals surface area contributed by atoms with Crippen LogP contribution in [0.15, 0.2) is 70.5 Å². The summed E-state index contributed by atoms with van der Waals surface area (Å²) in [6.45, 7) is 3.99. The second kappa shape index (κ2) is 7.35. The van der Waals surface area contributed by atoms with E-state index in [1.54, 1.807) is 18.2 Å². The first-order valence-electron chi connectivity index (χ1n) is 9.86. The van der Waals surface area contributed by atoms with E-state index in [9.17, 15) is 19.8 Å². The van der Waals surface area contributed by atoms with Crippen LogP contribution in [-0.4, -0.2) is 26.9 Å². The summed E-state index contributed by atoms with van der Waals surface area (Å²) in [5, 5.41) is 20.8. The van der Waals surface area contributed by atoms with E-state index in [1.165, 1.54) is 40.7 Å². The summed E-state index contributed by atoms with van der Waals surface area (Å²) in [4.78, 5) is 32.4. The van der Waals surface area contributed by atoms with Gasteiger partial charge in [-0.2, -0.15) is 0 Å². The van der Waals surface area contributed by atoms with Gasteiger partial charge in [-0.15, -0.1) is 0 Å². The van der Waals surface area contributed by atoms with Crippen LogP contribution < -0.4 is 4.90 Å². The summed E-state index contributed by atoms with van der Waals surface area (Å²) in [6, 6.07) is 12.2. The molecule has 5 rings (SSSR count). The fourth-order valence-electron chi connectivity index (χ4n) is 3.82. The first kappa shape index (κ1) is 20.0. The molecule has 0 radical (unpaired) electrons. The topological polar surface area (TPSA) is 104 Å². The van der Waals surface area contributed by atoms with Crippen LogP contribution in [0.5, 0.6) is 5.75 Å². The maximum Gasteiger partial charge on any atom is 0.296 e. The first-order valence-corrected chi connectivity index (χ1v) is 10.7. The zero-order valence-corrected chi connectivity index (χ0v) is 18.0. The highest BCUT2D eigenvalue weighted by atomic mass is 32.1. The van der Waals surface area contributed by atoms with E-state index in [0.717, 1.165) is 21.3 Å². The Kier molecular flexibility index (Phi) is 4.60. The number of nitrogens with zero attached hydrogens (tertiary/aromatic N) is 2. The molecule has 7 nitrogen and oxygen atoms in total. The lowest BCUT2D eigenvalue weighted by atomic mass is 9.95. The Hall–Kier alpha value is -3.91. The van der Waals surface area contributed by atoms with Gasteiger partial charge in [-0.3, -0.25) is 14.5 Å². The molecule has 0 saturated heterocycles. The molecule has 0 spiro atoms. The highest BCUT2D eigenvalue weighted by Gasteiger charge is 2.46. The number of thiazole rings is 1. The van der Waals surface area contributed by atoms with Crippen molar-refractivity contribution in [2.45, 2.75) is 19.9 Å². The number of fused-ring (bicyclic) bond motifs is 1. The van der Waals surface area contributed by atoms with E-state index in [4.69, 9.17) is 4.42 Å². The van der Waals surface area contributed by atoms with E-state index in [2.05, 4.69) is 4.98 Å². The molecule has 0 bridgehead atoms. The van der Waals surface area contributed by atoms with E-state index < -0.39 is 23.5 Å². The quantitative estimate of drug-likeness (QED) is 0.428. The Morgan fingerprint density at radius 1 is 1.09 bits per heavy atom. The summed E-state index contributed by atoms with van der Waals surface area (Å²) < 4.78 is 6.13. The highest BCUT2D eigenvalue weighted by Crippen LogP contribution is 2.44. The van der Waals surface area contributed by atoms with Crippen molar-refractivity contribution >= 4 is 38.4 Å². The van der Waals surface area contributed by atoms with E-state index in [1.807, 2.05) is 26.0 Å². The average molecular weight is 446 g/mol. The number of carbonyl (C=O) groups is 2. The predicted molar refractivity (Wildman–Crippen MR) is 120 cm³/mol. The molecule has 1 aliphatic heterocycles. The van der Waals surface area contributed by atoms with Gasteiger partial charge in [0.15, 0.2) is 16.7 Å². The van der Waals surface area contributed by atoms with Crippen molar-refractivity contribution < 1.29 is 24.2 Å². The van der Waals surface area contributed by atoms with Gasteiger partial charge in [-0.05, 0) is 66.9 Å². The second-order valence-electron chi connectivity index (χ2n) is 7.64. The number of phenolic OH excluding ortho intramolecular Hbond substituents is 1. The number of aromatic nitrogens is 1. The summed E-state index contributed by atoms with van der Waals surface area (Å²) in [7, 11) is 0. The van der Waals surface area contributed by atoms with Crippen LogP contribution in [0.4, 0.5) is 5.13 Å². The smallest absolute Gasteiger partial charge is 0.296 e. The fourth-order valence-corrected chi connectivity index (χ4v) is 4.89. The maximum atomic E-state index is 13.2. The summed E-state index contributed by atoms with van der Waals surface area (Å²) in [5.74, 6) is -1.89. The van der Waals surface area contributed by atoms with Crippen molar-refractivity contribution in [3.63, 3.8) is 0 Å². The molecule has 2 N–H and O–H groups in total. The van der Waals surface area contributed by atoms with Crippen molar-refractivity contribution in [2.75, 3.05) is 4.90 Å². The van der Waals surface area contributed by atoms with Crippen molar-refractivity contribution in [3.05, 3.63) is 88.6 Å². The van der Waals surface area contributed by atoms with Gasteiger partial charge >= 0.3 is 0 Å². The lowest BCUT2D eigenvalue weighted by Gasteiger charge is -2.24. The highest BCUT2D eigenvalue weighted by molar-refractivity contribution is 7.22. The minimum Gasteiger partial charge on any atom is -0.508 e. The molecule has 32 heavy (non-hydrogen) atoms. The lowest BCUT2D eigenvalue weighted by molar-refractivity contribution is -0.117. The van der Waals surface area contributed by atoms with Crippen LogP contribution in [0.3, 0.4) is 0 Å². The van der Waals surface area contributed by atoms with Crippen molar-refractivity contribution in [1.82, 2.24) is 4.98 Å². The number of anilines is 1. The zero-order chi connectivity index (χ0) is 22.6. The third-order valence-electron chi connectivity index (χ3n) is 5.61. The van der Waals surface area contributed by atoms with Crippen molar-refractivity contribution in [2.24, 2.45) is 0 Å². The largest absolute Gasteiger partial charge is 0.508 e. The average Bonchev–Trinajstić information content (AvgIpc) is 3.48. The number of aromatic hydroxyl groups is 1. The molecule has 0 fully saturated rings. The normalized spacial score (nSPS) is 16.4. The summed E-state index contributed by atoms with van der Waals surface area (Å²) in [5.41, 5.74) is 3.36. The van der Waals surface area contributed by atoms with Crippen LogP contribution in [0.1, 0.15) is 33.3 Å². The van der Waals surface area contributed by atoms with E-state index >= 15 is 0 Å². The third kappa shape index (κ3) is 3.07. The number of amides is 1. The maximum absolute atomic E-state index is 13.2. The monoisotopic (exact) mass is 446 g/mol. The van der Waals surface area contributed by atoms with Gasteiger partial charge in [-0.25, -0.2) is 4.98 Å². The number of aliphatic hydroxyl groups is 1. The fraction of sp³-hybridized carbons (Fsp3) is 0.125. The molecule has 0 saturated carbocycles. The molecule has 1 amide bonds. The number of phenols is 1. The Morgan fingerprint density at radius 3 is 2.50 bits per heavy atom. The summed E-state index contributed by atoms with van der Waals surface area (Å²) in [6.07, 6.45) is 1.35. The SMILES string of the molecule is Cc1cc2nc(N3C(=O)C(O)=C(C(=O)c4ccco4)C3c3ccc(O)cc3)sc2cc1C. The van der Waals surface area contributed by atoms with Crippen LogP contribution in [-0.2, 0) is 4.79 Å². The minimum absolute atomic E-state index is 0.0144. The number of aryl methyl sites for hydroxylation is 2. The van der Waals surface area contributed by atoms with Gasteiger partial charge in [0.25, 0.3) is 5.91 Å². The number of ketones is 1. The lowest BCUT2D eigenvalue weighted by Crippen LogP contribution is -2.30. The zero-order valence-electron chi connectivity index (χ0n) is 17.2. The van der Waals surface area contributed by atoms with Gasteiger partial charge < -0.3 is 14.6 Å². The van der Waals surface area contributed by atoms with E-state index in [0.29, 0.717) is 10.7 Å². The Labute approximate surface area is 186 Å². The number of benzene rings is 2. The molecule has 1 aliphatic rings. The second-order valence-corrected chi connectivity index (χ2v) is 8.65. The van der Waals surface area contributed by atoms with Crippen LogP contribution in [0.2, 0.25) is 0 Å². The van der Waals surface area contributed by atoms with Gasteiger partial charge in [0, 0.05) is 0 Å². The Balaban J connectivity index is 1.69. The Bertz CT molecular complexity index is 1360. The number of rotatable bonds is 4. The molecule has 3 heterocycles. The first-order chi connectivity index (χ1) is 15.3. The van der Waals surface area contributed by atoms with Gasteiger partial charge in [0.2, 0.25) is 5.78 Å². The predicted octanol–water partition coefficient (Wildman–Crippen LogP) is 4.99. The van der Waals surface area contributed by atoms with Crippen LogP contribution in [0.25, 0.3) is 10.2 Å². The van der Waals surface area contributed by atoms with Gasteiger partial charge in [0.05, 0.1) is 28.1 Å². The minimum atomic E-state index is -0.927. The molecular weight excluding hydrogens is 428 g/mol. The third-order valence-corrected chi connectivity index (χ3v) is 6.62. The number of aliphatic hydroxyl groups excluding tert-OH is 1. The molecule has 0 aliphatic carbocycles. The molecule has 8 heteroatoms. The molecular formula is C24H18N2O5S. The number of hydrogen-bond acceptors (Lipinski definition) is 7. The standard InChI is InChI=1S/C24H18N2O5S/c1-12-10-16-18(11-13(12)2)32-24(25-16)26-20(14-5-7-15(27)8-6-14)19(22(29)23(26)30)21(28)17-4-3-9-31-17/h3-11,20,27,29H,1-2H3. The van der Waals surface area contributed by atoms with Crippen LogP contribution >= 0.6 is 11.3 Å². The molecule has 160 valence electrons. The molecule has 1 unspecified atom stereocenters. The van der Waals surface area contributed by atoms with Gasteiger partial charge in [0.1, 0.15) is 5.75 Å². The number of Topliss-reactive ketones (excluding diaryl/α,β-unsaturated/α-hetero) is 1. The molecule has 1 atom stereocenters. The van der Waals surface area contributed by atoms with Gasteiger partial charge in [-0.1, -0.05) is 23.5 Å². The molecule has 2 aromatic heterocycles. The number of carbonyl (C=O) groups excluding carboxylic acids is 2. The molecule has 4 aromatic rings. The van der Waals surface area contributed by atoms with Crippen LogP contribution in [0, 0.1) is 13.8 Å². The van der Waals surface area contributed by atoms with E-state index in [-0.39, 0.29) is 17.1 Å². The van der Waals surface area contributed by atoms with Crippen molar-refractivity contribution in [1.29, 1.82) is 0 Å². The summed E-state index contributed by atoms with van der Waals surface area (Å²) >= 11 is 1.31. The number of furan rings is 1. The molecule has 2 aromatic carbocycles. The Morgan fingerprint density at radius 2 is 1.81 bits per heavy atom.